The largest absolute Gasteiger partial charge is 0.462 e. The van der Waals surface area contributed by atoms with E-state index in [0.29, 0.717) is 41.0 Å². The maximum absolute atomic E-state index is 13.6. The zero-order chi connectivity index (χ0) is 21.5. The van der Waals surface area contributed by atoms with Crippen LogP contribution in [0.25, 0.3) is 0 Å². The topological polar surface area (TPSA) is 55.4 Å². The van der Waals surface area contributed by atoms with Gasteiger partial charge in [-0.1, -0.05) is 6.92 Å². The van der Waals surface area contributed by atoms with Gasteiger partial charge in [0.25, 0.3) is 0 Å². The molecule has 1 aliphatic carbocycles. The highest BCUT2D eigenvalue weighted by atomic mass is 32.1. The van der Waals surface area contributed by atoms with Gasteiger partial charge in [-0.2, -0.15) is 30.7 Å². The number of carbonyl (C=O) groups is 2. The minimum atomic E-state index is -6.64. The molecule has 0 spiro atoms. The van der Waals surface area contributed by atoms with Crippen LogP contribution in [0.4, 0.5) is 35.7 Å². The Bertz CT molecular complexity index is 773. The predicted octanol–water partition coefficient (Wildman–Crippen LogP) is 4.82. The van der Waals surface area contributed by atoms with Gasteiger partial charge in [0.05, 0.1) is 12.2 Å². The zero-order valence-corrected chi connectivity index (χ0v) is 15.5. The molecule has 0 aromatic carbocycles. The highest BCUT2D eigenvalue weighted by molar-refractivity contribution is 7.17. The summed E-state index contributed by atoms with van der Waals surface area (Å²) < 4.78 is 95.1. The van der Waals surface area contributed by atoms with Crippen LogP contribution in [0.2, 0.25) is 0 Å². The summed E-state index contributed by atoms with van der Waals surface area (Å²) in [7, 11) is 0. The second kappa shape index (κ2) is 7.53. The fraction of sp³-hybridized carbons (Fsp3) is 0.625. The standard InChI is InChI=1S/C16H16F7NO3S/c1-3-27-12(25)10-8-5-4-7(2)6-9(8)28-11(10)24-13(26)14(17,18)15(19,20)16(21,22)23/h7H,3-6H2,1-2H3,(H,24,26). The lowest BCUT2D eigenvalue weighted by atomic mass is 9.88. The normalized spacial score (nSPS) is 17.8. The number of carbonyl (C=O) groups excluding carboxylic acids is 2. The van der Waals surface area contributed by atoms with Crippen LogP contribution in [0.1, 0.15) is 41.1 Å². The molecule has 1 aromatic rings. The number of thiophene rings is 1. The van der Waals surface area contributed by atoms with Crippen molar-refractivity contribution in [3.8, 4) is 0 Å². The number of nitrogens with one attached hydrogen (secondary N) is 1. The Balaban J connectivity index is 2.43. The molecule has 1 heterocycles. The molecule has 0 aliphatic heterocycles. The smallest absolute Gasteiger partial charge is 0.460 e. The molecular weight excluding hydrogens is 419 g/mol. The van der Waals surface area contributed by atoms with Crippen LogP contribution >= 0.6 is 11.3 Å². The predicted molar refractivity (Wildman–Crippen MR) is 86.0 cm³/mol. The second-order valence-electron chi connectivity index (χ2n) is 6.38. The SMILES string of the molecule is CCOC(=O)c1c(NC(=O)C(F)(F)C(F)(F)C(F)(F)F)sc2c1CCC(C)C2. The number of anilines is 1. The Morgan fingerprint density at radius 2 is 1.79 bits per heavy atom. The van der Waals surface area contributed by atoms with E-state index < -0.39 is 34.9 Å². The van der Waals surface area contributed by atoms with Crippen molar-refractivity contribution in [2.75, 3.05) is 11.9 Å². The van der Waals surface area contributed by atoms with E-state index in [1.165, 1.54) is 12.2 Å². The van der Waals surface area contributed by atoms with Crippen molar-refractivity contribution in [2.24, 2.45) is 5.92 Å². The fourth-order valence-electron chi connectivity index (χ4n) is 2.76. The van der Waals surface area contributed by atoms with Gasteiger partial charge in [-0.05, 0) is 37.7 Å². The highest BCUT2D eigenvalue weighted by Crippen LogP contribution is 2.48. The number of amides is 1. The van der Waals surface area contributed by atoms with Gasteiger partial charge in [0, 0.05) is 4.88 Å². The van der Waals surface area contributed by atoms with Gasteiger partial charge in [-0.3, -0.25) is 4.79 Å². The van der Waals surface area contributed by atoms with Gasteiger partial charge in [-0.25, -0.2) is 4.79 Å². The minimum Gasteiger partial charge on any atom is -0.462 e. The number of esters is 1. The number of hydrogen-bond acceptors (Lipinski definition) is 4. The van der Waals surface area contributed by atoms with E-state index in [1.807, 2.05) is 6.92 Å². The number of alkyl halides is 7. The van der Waals surface area contributed by atoms with E-state index in [-0.39, 0.29) is 18.1 Å². The summed E-state index contributed by atoms with van der Waals surface area (Å²) >= 11 is 0.690. The number of ether oxygens (including phenoxy) is 1. The molecule has 0 radical (unpaired) electrons. The quantitative estimate of drug-likeness (QED) is 0.533. The molecule has 28 heavy (non-hydrogen) atoms. The first-order valence-electron chi connectivity index (χ1n) is 8.19. The lowest BCUT2D eigenvalue weighted by Crippen LogP contribution is -2.57. The molecule has 1 amide bonds. The van der Waals surface area contributed by atoms with Gasteiger partial charge >= 0.3 is 29.9 Å². The van der Waals surface area contributed by atoms with E-state index in [2.05, 4.69) is 0 Å². The maximum Gasteiger partial charge on any atom is 0.460 e. The lowest BCUT2D eigenvalue weighted by molar-refractivity contribution is -0.343. The van der Waals surface area contributed by atoms with Crippen LogP contribution in [-0.4, -0.2) is 36.5 Å². The summed E-state index contributed by atoms with van der Waals surface area (Å²) in [5.41, 5.74) is 0.135. The number of halogens is 7. The summed E-state index contributed by atoms with van der Waals surface area (Å²) in [6.45, 7) is 3.27. The van der Waals surface area contributed by atoms with Gasteiger partial charge in [0.15, 0.2) is 0 Å². The highest BCUT2D eigenvalue weighted by Gasteiger charge is 2.76. The van der Waals surface area contributed by atoms with Gasteiger partial charge in [0.1, 0.15) is 5.00 Å². The van der Waals surface area contributed by atoms with E-state index in [9.17, 15) is 40.3 Å². The average molecular weight is 435 g/mol. The van der Waals surface area contributed by atoms with Crippen molar-refractivity contribution in [1.82, 2.24) is 0 Å². The molecule has 0 saturated carbocycles. The molecular formula is C16H16F7NO3S. The van der Waals surface area contributed by atoms with Crippen LogP contribution in [0.15, 0.2) is 0 Å². The van der Waals surface area contributed by atoms with Gasteiger partial charge in [0.2, 0.25) is 0 Å². The van der Waals surface area contributed by atoms with Crippen molar-refractivity contribution in [2.45, 2.75) is 51.1 Å². The molecule has 158 valence electrons. The lowest BCUT2D eigenvalue weighted by Gasteiger charge is -2.26. The third-order valence-corrected chi connectivity index (χ3v) is 5.42. The van der Waals surface area contributed by atoms with E-state index >= 15 is 0 Å². The van der Waals surface area contributed by atoms with Crippen LogP contribution in [-0.2, 0) is 22.4 Å². The van der Waals surface area contributed by atoms with E-state index in [4.69, 9.17) is 4.74 Å². The Kier molecular flexibility index (Phi) is 6.03. The zero-order valence-electron chi connectivity index (χ0n) is 14.7. The number of fused-ring (bicyclic) bond motifs is 1. The van der Waals surface area contributed by atoms with E-state index in [0.717, 1.165) is 0 Å². The molecule has 4 nitrogen and oxygen atoms in total. The van der Waals surface area contributed by atoms with Crippen molar-refractivity contribution >= 4 is 28.2 Å². The van der Waals surface area contributed by atoms with Crippen LogP contribution in [0.3, 0.4) is 0 Å². The maximum atomic E-state index is 13.6. The minimum absolute atomic E-state index is 0.0878. The van der Waals surface area contributed by atoms with Crippen LogP contribution < -0.4 is 5.32 Å². The Hall–Kier alpha value is -1.85. The molecule has 1 aromatic heterocycles. The molecule has 0 bridgehead atoms. The Morgan fingerprint density at radius 1 is 1.18 bits per heavy atom. The fourth-order valence-corrected chi connectivity index (χ4v) is 4.15. The van der Waals surface area contributed by atoms with Crippen LogP contribution in [0.5, 0.6) is 0 Å². The summed E-state index contributed by atoms with van der Waals surface area (Å²) in [5.74, 6) is -16.3. The van der Waals surface area contributed by atoms with Gasteiger partial charge < -0.3 is 10.1 Å². The first kappa shape index (κ1) is 22.4. The van der Waals surface area contributed by atoms with Crippen molar-refractivity contribution in [3.05, 3.63) is 16.0 Å². The second-order valence-corrected chi connectivity index (χ2v) is 7.48. The van der Waals surface area contributed by atoms with Crippen molar-refractivity contribution < 1.29 is 45.1 Å². The van der Waals surface area contributed by atoms with Crippen molar-refractivity contribution in [3.63, 3.8) is 0 Å². The molecule has 1 atom stereocenters. The summed E-state index contributed by atoms with van der Waals surface area (Å²) in [4.78, 5) is 24.4. The molecule has 2 rings (SSSR count). The number of rotatable bonds is 5. The molecule has 0 fully saturated rings. The Labute approximate surface area is 159 Å². The summed E-state index contributed by atoms with van der Waals surface area (Å²) in [6.07, 6.45) is -5.20. The molecule has 1 unspecified atom stereocenters. The Morgan fingerprint density at radius 3 is 2.32 bits per heavy atom. The number of hydrogen-bond donors (Lipinski definition) is 1. The third kappa shape index (κ3) is 3.83. The van der Waals surface area contributed by atoms with Gasteiger partial charge in [-0.15, -0.1) is 11.3 Å². The van der Waals surface area contributed by atoms with Crippen LogP contribution in [0, 0.1) is 5.92 Å². The third-order valence-electron chi connectivity index (χ3n) is 4.25. The van der Waals surface area contributed by atoms with Crippen molar-refractivity contribution in [1.29, 1.82) is 0 Å². The first-order valence-corrected chi connectivity index (χ1v) is 9.01. The summed E-state index contributed by atoms with van der Waals surface area (Å²) in [6, 6.07) is 0. The van der Waals surface area contributed by atoms with E-state index in [1.54, 1.807) is 0 Å². The molecule has 12 heteroatoms. The average Bonchev–Trinajstić information content (AvgIpc) is 2.90. The first-order chi connectivity index (χ1) is 12.7. The molecule has 1 aliphatic rings. The molecule has 0 saturated heterocycles. The molecule has 1 N–H and O–H groups in total. The summed E-state index contributed by atoms with van der Waals surface area (Å²) in [5, 5.41) is 0.862. The monoisotopic (exact) mass is 435 g/mol.